The van der Waals surface area contributed by atoms with E-state index in [1.807, 2.05) is 24.3 Å². The highest BCUT2D eigenvalue weighted by Gasteiger charge is 2.16. The van der Waals surface area contributed by atoms with Crippen molar-refractivity contribution in [3.05, 3.63) is 65.4 Å². The average molecular weight is 406 g/mol. The van der Waals surface area contributed by atoms with E-state index in [0.29, 0.717) is 24.5 Å². The monoisotopic (exact) mass is 406 g/mol. The lowest BCUT2D eigenvalue weighted by Gasteiger charge is -2.08. The minimum atomic E-state index is -1.01. The molecule has 0 radical (unpaired) electrons. The summed E-state index contributed by atoms with van der Waals surface area (Å²) in [5.74, 6) is 0.0799. The molecule has 2 heterocycles. The summed E-state index contributed by atoms with van der Waals surface area (Å²) in [6.07, 6.45) is 5.51. The zero-order valence-electron chi connectivity index (χ0n) is 17.3. The number of carbonyl (C=O) groups is 2. The molecule has 7 nitrogen and oxygen atoms in total. The van der Waals surface area contributed by atoms with Gasteiger partial charge in [0, 0.05) is 24.6 Å². The number of carboxylic acids is 1. The van der Waals surface area contributed by atoms with Crippen LogP contribution < -0.4 is 0 Å². The minimum Gasteiger partial charge on any atom is -0.478 e. The van der Waals surface area contributed by atoms with Gasteiger partial charge in [-0.3, -0.25) is 9.78 Å². The molecule has 1 N–H and O–H groups in total. The third-order valence-corrected chi connectivity index (χ3v) is 4.83. The van der Waals surface area contributed by atoms with Crippen molar-refractivity contribution in [3.8, 4) is 11.3 Å². The van der Waals surface area contributed by atoms with E-state index < -0.39 is 5.97 Å². The Kier molecular flexibility index (Phi) is 7.06. The van der Waals surface area contributed by atoms with Crippen molar-refractivity contribution in [1.82, 2.24) is 19.7 Å². The topological polar surface area (TPSA) is 98.0 Å². The molecule has 0 atom stereocenters. The van der Waals surface area contributed by atoms with Crippen LogP contribution in [0.4, 0.5) is 0 Å². The van der Waals surface area contributed by atoms with E-state index in [2.05, 4.69) is 28.9 Å². The normalized spacial score (nSPS) is 10.9. The van der Waals surface area contributed by atoms with E-state index in [0.717, 1.165) is 42.6 Å². The highest BCUT2D eigenvalue weighted by molar-refractivity contribution is 5.94. The lowest BCUT2D eigenvalue weighted by Crippen LogP contribution is -2.08. The number of Topliss-reactive ketones (excluding diaryl/α,β-unsaturated/α-hetero) is 1. The highest BCUT2D eigenvalue weighted by atomic mass is 16.4. The Morgan fingerprint density at radius 3 is 2.50 bits per heavy atom. The Morgan fingerprint density at radius 1 is 1.07 bits per heavy atom. The van der Waals surface area contributed by atoms with E-state index in [4.69, 9.17) is 0 Å². The zero-order chi connectivity index (χ0) is 21.5. The Labute approximate surface area is 175 Å². The number of carbonyl (C=O) groups excluding carboxylic acids is 1. The molecule has 0 amide bonds. The fourth-order valence-corrected chi connectivity index (χ4v) is 3.23. The minimum absolute atomic E-state index is 0.0142. The number of hydrogen-bond donors (Lipinski definition) is 1. The number of aromatic nitrogens is 4. The second-order valence-corrected chi connectivity index (χ2v) is 7.19. The van der Waals surface area contributed by atoms with Gasteiger partial charge in [-0.2, -0.15) is 0 Å². The number of aromatic carboxylic acids is 1. The smallest absolute Gasteiger partial charge is 0.337 e. The number of nitrogens with zero attached hydrogens (tertiary/aromatic N) is 4. The van der Waals surface area contributed by atoms with Gasteiger partial charge in [0.25, 0.3) is 0 Å². The molecule has 0 aliphatic heterocycles. The van der Waals surface area contributed by atoms with Gasteiger partial charge in [0.2, 0.25) is 11.6 Å². The maximum Gasteiger partial charge on any atom is 0.337 e. The van der Waals surface area contributed by atoms with Crippen LogP contribution in [0.3, 0.4) is 0 Å². The number of rotatable bonds is 10. The molecule has 0 fully saturated rings. The summed E-state index contributed by atoms with van der Waals surface area (Å²) >= 11 is 0. The van der Waals surface area contributed by atoms with Crippen molar-refractivity contribution in [1.29, 1.82) is 0 Å². The first-order valence-electron chi connectivity index (χ1n) is 10.3. The number of carboxylic acid groups (broad SMARTS) is 1. The van der Waals surface area contributed by atoms with E-state index >= 15 is 0 Å². The van der Waals surface area contributed by atoms with Gasteiger partial charge in [-0.25, -0.2) is 14.5 Å². The summed E-state index contributed by atoms with van der Waals surface area (Å²) < 4.78 is 1.79. The quantitative estimate of drug-likeness (QED) is 0.501. The van der Waals surface area contributed by atoms with Crippen LogP contribution in [0.1, 0.15) is 71.9 Å². The van der Waals surface area contributed by atoms with Gasteiger partial charge in [0.1, 0.15) is 5.82 Å². The molecule has 0 unspecified atom stereocenters. The molecule has 3 rings (SSSR count). The summed E-state index contributed by atoms with van der Waals surface area (Å²) in [7, 11) is 0. The highest BCUT2D eigenvalue weighted by Crippen LogP contribution is 2.22. The predicted octanol–water partition coefficient (Wildman–Crippen LogP) is 4.41. The number of pyridine rings is 1. The number of aryl methyl sites for hydroxylation is 1. The third-order valence-electron chi connectivity index (χ3n) is 4.83. The van der Waals surface area contributed by atoms with Crippen molar-refractivity contribution in [3.63, 3.8) is 0 Å². The predicted molar refractivity (Wildman–Crippen MR) is 114 cm³/mol. The fourth-order valence-electron chi connectivity index (χ4n) is 3.23. The number of unbranched alkanes of at least 4 members (excludes halogenated alkanes) is 1. The van der Waals surface area contributed by atoms with Crippen LogP contribution in [-0.4, -0.2) is 36.6 Å². The summed E-state index contributed by atoms with van der Waals surface area (Å²) in [6, 6.07) is 10.7. The SMILES string of the molecule is CCCCC(=O)c1nc(CCC)n(Cc2ccc(-c3ncccc3C(=O)O)cc2)n1. The van der Waals surface area contributed by atoms with Crippen molar-refractivity contribution in [2.45, 2.75) is 52.5 Å². The molecule has 0 spiro atoms. The van der Waals surface area contributed by atoms with Crippen molar-refractivity contribution >= 4 is 11.8 Å². The van der Waals surface area contributed by atoms with Gasteiger partial charge in [0.15, 0.2) is 0 Å². The first kappa shape index (κ1) is 21.4. The molecular formula is C23H26N4O3. The van der Waals surface area contributed by atoms with Crippen LogP contribution in [0.2, 0.25) is 0 Å². The maximum atomic E-state index is 12.3. The number of ketones is 1. The van der Waals surface area contributed by atoms with Crippen LogP contribution in [0.5, 0.6) is 0 Å². The zero-order valence-corrected chi connectivity index (χ0v) is 17.3. The van der Waals surface area contributed by atoms with Crippen LogP contribution in [0, 0.1) is 0 Å². The maximum absolute atomic E-state index is 12.3. The Bertz CT molecular complexity index is 1030. The van der Waals surface area contributed by atoms with E-state index in [-0.39, 0.29) is 11.3 Å². The Morgan fingerprint density at radius 2 is 1.83 bits per heavy atom. The summed E-state index contributed by atoms with van der Waals surface area (Å²) in [5, 5.41) is 13.8. The van der Waals surface area contributed by atoms with Crippen LogP contribution in [0.15, 0.2) is 42.6 Å². The molecule has 7 heteroatoms. The lowest BCUT2D eigenvalue weighted by atomic mass is 10.0. The summed E-state index contributed by atoms with van der Waals surface area (Å²) in [5.41, 5.74) is 2.33. The first-order chi connectivity index (χ1) is 14.5. The Balaban J connectivity index is 1.82. The molecule has 3 aromatic rings. The number of benzene rings is 1. The number of hydrogen-bond acceptors (Lipinski definition) is 5. The second kappa shape index (κ2) is 9.91. The van der Waals surface area contributed by atoms with Gasteiger partial charge >= 0.3 is 5.97 Å². The molecule has 156 valence electrons. The van der Waals surface area contributed by atoms with E-state index in [1.165, 1.54) is 0 Å². The molecule has 0 saturated carbocycles. The summed E-state index contributed by atoms with van der Waals surface area (Å²) in [4.78, 5) is 32.5. The van der Waals surface area contributed by atoms with Gasteiger partial charge in [0.05, 0.1) is 17.8 Å². The summed E-state index contributed by atoms with van der Waals surface area (Å²) in [6.45, 7) is 4.62. The molecular weight excluding hydrogens is 380 g/mol. The molecule has 2 aromatic heterocycles. The molecule has 0 bridgehead atoms. The largest absolute Gasteiger partial charge is 0.478 e. The van der Waals surface area contributed by atoms with Crippen LogP contribution in [0.25, 0.3) is 11.3 Å². The molecule has 30 heavy (non-hydrogen) atoms. The average Bonchev–Trinajstić information content (AvgIpc) is 3.15. The first-order valence-corrected chi connectivity index (χ1v) is 10.3. The van der Waals surface area contributed by atoms with Gasteiger partial charge in [-0.1, -0.05) is 44.5 Å². The van der Waals surface area contributed by atoms with Crippen LogP contribution >= 0.6 is 0 Å². The third kappa shape index (κ3) is 4.97. The van der Waals surface area contributed by atoms with Crippen molar-refractivity contribution in [2.75, 3.05) is 0 Å². The molecule has 0 saturated heterocycles. The van der Waals surface area contributed by atoms with E-state index in [9.17, 15) is 14.7 Å². The van der Waals surface area contributed by atoms with Gasteiger partial charge in [-0.15, -0.1) is 5.10 Å². The standard InChI is InChI=1S/C23H26N4O3/c1-3-5-9-19(28)22-25-20(7-4-2)27(26-22)15-16-10-12-17(13-11-16)21-18(23(29)30)8-6-14-24-21/h6,8,10-14H,3-5,7,9,15H2,1-2H3,(H,29,30). The molecule has 0 aliphatic rings. The van der Waals surface area contributed by atoms with Gasteiger partial charge < -0.3 is 5.11 Å². The molecule has 0 aliphatic carbocycles. The van der Waals surface area contributed by atoms with Crippen LogP contribution in [-0.2, 0) is 13.0 Å². The fraction of sp³-hybridized carbons (Fsp3) is 0.348. The van der Waals surface area contributed by atoms with Crippen molar-refractivity contribution in [2.24, 2.45) is 0 Å². The second-order valence-electron chi connectivity index (χ2n) is 7.19. The Hall–Kier alpha value is -3.35. The lowest BCUT2D eigenvalue weighted by molar-refractivity contribution is 0.0697. The van der Waals surface area contributed by atoms with Gasteiger partial charge in [-0.05, 0) is 30.5 Å². The van der Waals surface area contributed by atoms with Crippen molar-refractivity contribution < 1.29 is 14.7 Å². The van der Waals surface area contributed by atoms with E-state index in [1.54, 1.807) is 23.0 Å². The molecule has 1 aromatic carbocycles.